The number of aromatic nitrogens is 2. The van der Waals surface area contributed by atoms with Crippen LogP contribution in [0.2, 0.25) is 0 Å². The van der Waals surface area contributed by atoms with Gasteiger partial charge >= 0.3 is 0 Å². The summed E-state index contributed by atoms with van der Waals surface area (Å²) in [5.41, 5.74) is 3.10. The van der Waals surface area contributed by atoms with Crippen molar-refractivity contribution in [3.8, 4) is 0 Å². The molecule has 1 fully saturated rings. The summed E-state index contributed by atoms with van der Waals surface area (Å²) in [5.74, 6) is 0.927. The maximum Gasteiger partial charge on any atom is 0.254 e. The first-order valence-electron chi connectivity index (χ1n) is 10.1. The van der Waals surface area contributed by atoms with Crippen molar-refractivity contribution in [2.45, 2.75) is 19.8 Å². The molecular weight excluding hydrogens is 376 g/mol. The SMILES string of the molecule is C=CC(=O)Nc1ccc(C(=O)N2CC[C@@H](Cc3ncc4ccccc4n3)C2)c(C)c1. The van der Waals surface area contributed by atoms with E-state index < -0.39 is 0 Å². The Labute approximate surface area is 175 Å². The Morgan fingerprint density at radius 1 is 1.27 bits per heavy atom. The molecule has 0 spiro atoms. The van der Waals surface area contributed by atoms with Crippen LogP contribution in [0, 0.1) is 12.8 Å². The number of aryl methyl sites for hydroxylation is 1. The van der Waals surface area contributed by atoms with Gasteiger partial charge in [-0.3, -0.25) is 9.59 Å². The van der Waals surface area contributed by atoms with Crippen LogP contribution < -0.4 is 5.32 Å². The zero-order valence-corrected chi connectivity index (χ0v) is 17.0. The van der Waals surface area contributed by atoms with E-state index in [-0.39, 0.29) is 11.8 Å². The van der Waals surface area contributed by atoms with E-state index in [0.29, 0.717) is 23.7 Å². The maximum atomic E-state index is 13.0. The molecule has 1 atom stereocenters. The highest BCUT2D eigenvalue weighted by Gasteiger charge is 2.28. The Balaban J connectivity index is 1.41. The standard InChI is InChI=1S/C24H24N4O2/c1-3-23(29)26-19-8-9-20(16(2)12-19)24(30)28-11-10-17(15-28)13-22-25-14-18-6-4-5-7-21(18)27-22/h3-9,12,14,17H,1,10-11,13,15H2,2H3,(H,26,29)/t17-/m0/s1. The molecule has 30 heavy (non-hydrogen) atoms. The molecule has 1 aromatic heterocycles. The molecule has 6 nitrogen and oxygen atoms in total. The van der Waals surface area contributed by atoms with E-state index in [1.54, 1.807) is 12.1 Å². The molecule has 1 aliphatic heterocycles. The van der Waals surface area contributed by atoms with Crippen LogP contribution >= 0.6 is 0 Å². The van der Waals surface area contributed by atoms with Crippen LogP contribution in [0.15, 0.2) is 61.3 Å². The summed E-state index contributed by atoms with van der Waals surface area (Å²) in [6.07, 6.45) is 4.79. The van der Waals surface area contributed by atoms with Crippen LogP contribution in [0.4, 0.5) is 5.69 Å². The molecule has 1 N–H and O–H groups in total. The van der Waals surface area contributed by atoms with Crippen molar-refractivity contribution >= 4 is 28.4 Å². The minimum Gasteiger partial charge on any atom is -0.338 e. The number of hydrogen-bond acceptors (Lipinski definition) is 4. The van der Waals surface area contributed by atoms with Gasteiger partial charge in [0.1, 0.15) is 5.82 Å². The largest absolute Gasteiger partial charge is 0.338 e. The Morgan fingerprint density at radius 2 is 2.10 bits per heavy atom. The smallest absolute Gasteiger partial charge is 0.254 e. The van der Waals surface area contributed by atoms with Crippen molar-refractivity contribution in [1.29, 1.82) is 0 Å². The molecule has 1 saturated heterocycles. The minimum absolute atomic E-state index is 0.0241. The highest BCUT2D eigenvalue weighted by molar-refractivity contribution is 6.00. The summed E-state index contributed by atoms with van der Waals surface area (Å²) < 4.78 is 0. The van der Waals surface area contributed by atoms with E-state index in [2.05, 4.69) is 21.9 Å². The Morgan fingerprint density at radius 3 is 2.90 bits per heavy atom. The van der Waals surface area contributed by atoms with E-state index in [1.807, 2.05) is 48.4 Å². The number of rotatable bonds is 5. The number of benzene rings is 2. The number of nitrogens with zero attached hydrogens (tertiary/aromatic N) is 3. The molecular formula is C24H24N4O2. The summed E-state index contributed by atoms with van der Waals surface area (Å²) in [6.45, 7) is 6.76. The first kappa shape index (κ1) is 19.8. The maximum absolute atomic E-state index is 13.0. The van der Waals surface area contributed by atoms with E-state index in [4.69, 9.17) is 0 Å². The second-order valence-corrected chi connectivity index (χ2v) is 7.68. The number of nitrogens with one attached hydrogen (secondary N) is 1. The van der Waals surface area contributed by atoms with Gasteiger partial charge in [-0.1, -0.05) is 24.8 Å². The third-order valence-electron chi connectivity index (χ3n) is 5.49. The summed E-state index contributed by atoms with van der Waals surface area (Å²) in [5, 5.41) is 3.75. The van der Waals surface area contributed by atoms with Crippen molar-refractivity contribution in [3.63, 3.8) is 0 Å². The monoisotopic (exact) mass is 400 g/mol. The predicted molar refractivity (Wildman–Crippen MR) is 117 cm³/mol. The summed E-state index contributed by atoms with van der Waals surface area (Å²) in [6, 6.07) is 13.3. The van der Waals surface area contributed by atoms with Crippen LogP contribution in [-0.2, 0) is 11.2 Å². The fraction of sp³-hybridized carbons (Fsp3) is 0.250. The topological polar surface area (TPSA) is 75.2 Å². The number of para-hydroxylation sites is 1. The summed E-state index contributed by atoms with van der Waals surface area (Å²) in [7, 11) is 0. The van der Waals surface area contributed by atoms with Gasteiger partial charge in [0.15, 0.2) is 0 Å². The highest BCUT2D eigenvalue weighted by Crippen LogP contribution is 2.24. The molecule has 1 aliphatic rings. The number of carbonyl (C=O) groups excluding carboxylic acids is 2. The number of fused-ring (bicyclic) bond motifs is 1. The summed E-state index contributed by atoms with van der Waals surface area (Å²) >= 11 is 0. The predicted octanol–water partition coefficient (Wildman–Crippen LogP) is 3.77. The molecule has 6 heteroatoms. The Bertz CT molecular complexity index is 1130. The van der Waals surface area contributed by atoms with Gasteiger partial charge in [-0.05, 0) is 55.2 Å². The van der Waals surface area contributed by atoms with Crippen LogP contribution in [0.5, 0.6) is 0 Å². The Kier molecular flexibility index (Phi) is 5.57. The lowest BCUT2D eigenvalue weighted by Gasteiger charge is -2.18. The molecule has 2 aromatic carbocycles. The number of anilines is 1. The van der Waals surface area contributed by atoms with E-state index in [0.717, 1.165) is 41.7 Å². The van der Waals surface area contributed by atoms with Gasteiger partial charge < -0.3 is 10.2 Å². The fourth-order valence-electron chi connectivity index (χ4n) is 3.90. The van der Waals surface area contributed by atoms with Crippen molar-refractivity contribution in [3.05, 3.63) is 78.3 Å². The number of hydrogen-bond donors (Lipinski definition) is 1. The molecule has 2 amide bonds. The first-order valence-corrected chi connectivity index (χ1v) is 10.1. The zero-order chi connectivity index (χ0) is 21.1. The minimum atomic E-state index is -0.272. The van der Waals surface area contributed by atoms with Crippen molar-refractivity contribution < 1.29 is 9.59 Å². The molecule has 0 bridgehead atoms. The van der Waals surface area contributed by atoms with E-state index >= 15 is 0 Å². The molecule has 0 radical (unpaired) electrons. The van der Waals surface area contributed by atoms with Gasteiger partial charge in [0.2, 0.25) is 5.91 Å². The molecule has 0 unspecified atom stereocenters. The summed E-state index contributed by atoms with van der Waals surface area (Å²) in [4.78, 5) is 35.5. The third kappa shape index (κ3) is 4.22. The number of carbonyl (C=O) groups is 2. The molecule has 0 saturated carbocycles. The Hall–Kier alpha value is -3.54. The zero-order valence-electron chi connectivity index (χ0n) is 17.0. The first-order chi connectivity index (χ1) is 14.5. The quantitative estimate of drug-likeness (QED) is 0.662. The number of likely N-dealkylation sites (tertiary alicyclic amines) is 1. The molecule has 2 heterocycles. The van der Waals surface area contributed by atoms with Crippen LogP contribution in [0.1, 0.15) is 28.2 Å². The van der Waals surface area contributed by atoms with Gasteiger partial charge in [0, 0.05) is 42.3 Å². The van der Waals surface area contributed by atoms with Crippen molar-refractivity contribution in [2.75, 3.05) is 18.4 Å². The van der Waals surface area contributed by atoms with Crippen molar-refractivity contribution in [1.82, 2.24) is 14.9 Å². The fourth-order valence-corrected chi connectivity index (χ4v) is 3.90. The van der Waals surface area contributed by atoms with Gasteiger partial charge in [0.05, 0.1) is 5.52 Å². The van der Waals surface area contributed by atoms with Crippen molar-refractivity contribution in [2.24, 2.45) is 5.92 Å². The van der Waals surface area contributed by atoms with Crippen LogP contribution in [0.3, 0.4) is 0 Å². The van der Waals surface area contributed by atoms with E-state index in [1.165, 1.54) is 6.08 Å². The third-order valence-corrected chi connectivity index (χ3v) is 5.49. The number of amides is 2. The second-order valence-electron chi connectivity index (χ2n) is 7.68. The normalized spacial score (nSPS) is 15.9. The lowest BCUT2D eigenvalue weighted by molar-refractivity contribution is -0.111. The molecule has 4 rings (SSSR count). The lowest BCUT2D eigenvalue weighted by atomic mass is 10.0. The van der Waals surface area contributed by atoms with Gasteiger partial charge in [-0.15, -0.1) is 0 Å². The van der Waals surface area contributed by atoms with E-state index in [9.17, 15) is 9.59 Å². The molecule has 0 aliphatic carbocycles. The average molecular weight is 400 g/mol. The average Bonchev–Trinajstić information content (AvgIpc) is 3.21. The van der Waals surface area contributed by atoms with Gasteiger partial charge in [-0.25, -0.2) is 9.97 Å². The van der Waals surface area contributed by atoms with Crippen LogP contribution in [-0.4, -0.2) is 39.8 Å². The second kappa shape index (κ2) is 8.45. The lowest BCUT2D eigenvalue weighted by Crippen LogP contribution is -2.29. The highest BCUT2D eigenvalue weighted by atomic mass is 16.2. The van der Waals surface area contributed by atoms with Gasteiger partial charge in [0.25, 0.3) is 5.91 Å². The van der Waals surface area contributed by atoms with Gasteiger partial charge in [-0.2, -0.15) is 0 Å². The molecule has 3 aromatic rings. The molecule has 152 valence electrons. The van der Waals surface area contributed by atoms with Crippen LogP contribution in [0.25, 0.3) is 10.9 Å².